The summed E-state index contributed by atoms with van der Waals surface area (Å²) >= 11 is 0. The third-order valence-corrected chi connectivity index (χ3v) is 2.52. The molecule has 0 unspecified atom stereocenters. The zero-order valence-corrected chi connectivity index (χ0v) is 14.1. The second kappa shape index (κ2) is 6.74. The lowest BCUT2D eigenvalue weighted by atomic mass is 9.94. The molecule has 0 saturated carbocycles. The van der Waals surface area contributed by atoms with Gasteiger partial charge in [0.25, 0.3) is 0 Å². The van der Waals surface area contributed by atoms with Crippen molar-refractivity contribution in [2.45, 2.75) is 52.1 Å². The Morgan fingerprint density at radius 2 is 1.43 bits per heavy atom. The summed E-state index contributed by atoms with van der Waals surface area (Å²) in [6.07, 6.45) is 0.251. The van der Waals surface area contributed by atoms with E-state index in [0.29, 0.717) is 5.57 Å². The van der Waals surface area contributed by atoms with Crippen molar-refractivity contribution in [2.75, 3.05) is 14.1 Å². The van der Waals surface area contributed by atoms with Gasteiger partial charge in [0.05, 0.1) is 0 Å². The van der Waals surface area contributed by atoms with Crippen LogP contribution >= 0.6 is 0 Å². The molecule has 0 fully saturated rings. The van der Waals surface area contributed by atoms with Crippen molar-refractivity contribution in [3.63, 3.8) is 0 Å². The van der Waals surface area contributed by atoms with Crippen molar-refractivity contribution < 1.29 is 14.4 Å². The maximum Gasteiger partial charge on any atom is 0.311 e. The highest BCUT2D eigenvalue weighted by Gasteiger charge is 2.28. The Balaban J connectivity index is 4.67. The SMILES string of the molecule is C=C(CC(C)(C)NC(=O)C(=O)N(C)C)C(=O)NC(C)(C)C. The average molecular weight is 297 g/mol. The predicted molar refractivity (Wildman–Crippen MR) is 82.6 cm³/mol. The van der Waals surface area contributed by atoms with Crippen molar-refractivity contribution in [3.05, 3.63) is 12.2 Å². The molecule has 0 saturated heterocycles. The van der Waals surface area contributed by atoms with E-state index in [0.717, 1.165) is 0 Å². The van der Waals surface area contributed by atoms with Crippen molar-refractivity contribution in [1.29, 1.82) is 0 Å². The molecule has 0 bridgehead atoms. The van der Waals surface area contributed by atoms with Crippen molar-refractivity contribution in [3.8, 4) is 0 Å². The van der Waals surface area contributed by atoms with Gasteiger partial charge in [-0.05, 0) is 41.0 Å². The van der Waals surface area contributed by atoms with Crippen LogP contribution in [0.25, 0.3) is 0 Å². The van der Waals surface area contributed by atoms with Crippen LogP contribution in [-0.2, 0) is 14.4 Å². The van der Waals surface area contributed by atoms with Gasteiger partial charge in [0.15, 0.2) is 0 Å². The zero-order chi connectivity index (χ0) is 17.0. The van der Waals surface area contributed by atoms with Crippen LogP contribution in [0, 0.1) is 0 Å². The molecule has 0 aliphatic heterocycles. The molecule has 0 aromatic rings. The van der Waals surface area contributed by atoms with Gasteiger partial charge in [0, 0.05) is 30.7 Å². The molecule has 0 aromatic heterocycles. The number of hydrogen-bond acceptors (Lipinski definition) is 3. The van der Waals surface area contributed by atoms with E-state index < -0.39 is 17.4 Å². The number of carbonyl (C=O) groups is 3. The maximum absolute atomic E-state index is 12.0. The summed E-state index contributed by atoms with van der Waals surface area (Å²) in [7, 11) is 3.01. The predicted octanol–water partition coefficient (Wildman–Crippen LogP) is 0.830. The van der Waals surface area contributed by atoms with Crippen LogP contribution < -0.4 is 10.6 Å². The van der Waals surface area contributed by atoms with Crippen LogP contribution in [0.4, 0.5) is 0 Å². The van der Waals surface area contributed by atoms with Gasteiger partial charge in [-0.15, -0.1) is 0 Å². The van der Waals surface area contributed by atoms with Crippen LogP contribution in [-0.4, -0.2) is 47.8 Å². The molecule has 0 rings (SSSR count). The zero-order valence-electron chi connectivity index (χ0n) is 14.1. The summed E-state index contributed by atoms with van der Waals surface area (Å²) in [5, 5.41) is 5.42. The van der Waals surface area contributed by atoms with Gasteiger partial charge in [-0.25, -0.2) is 0 Å². The second-order valence-electron chi connectivity index (χ2n) is 7.02. The molecule has 6 nitrogen and oxygen atoms in total. The van der Waals surface area contributed by atoms with E-state index >= 15 is 0 Å². The molecule has 0 radical (unpaired) electrons. The van der Waals surface area contributed by atoms with Gasteiger partial charge >= 0.3 is 11.8 Å². The third-order valence-electron chi connectivity index (χ3n) is 2.52. The molecule has 0 aliphatic rings. The largest absolute Gasteiger partial charge is 0.348 e. The minimum absolute atomic E-state index is 0.251. The molecule has 120 valence electrons. The Hall–Kier alpha value is -1.85. The first-order valence-electron chi connectivity index (χ1n) is 6.79. The van der Waals surface area contributed by atoms with Gasteiger partial charge in [-0.3, -0.25) is 14.4 Å². The number of likely N-dealkylation sites (N-methyl/N-ethyl adjacent to an activating group) is 1. The van der Waals surface area contributed by atoms with Gasteiger partial charge in [0.1, 0.15) is 0 Å². The quantitative estimate of drug-likeness (QED) is 0.596. The van der Waals surface area contributed by atoms with Gasteiger partial charge < -0.3 is 15.5 Å². The Morgan fingerprint density at radius 3 is 1.81 bits per heavy atom. The van der Waals surface area contributed by atoms with Gasteiger partial charge in [-0.1, -0.05) is 6.58 Å². The average Bonchev–Trinajstić information content (AvgIpc) is 2.23. The number of nitrogens with zero attached hydrogens (tertiary/aromatic N) is 1. The molecule has 0 spiro atoms. The molecular weight excluding hydrogens is 270 g/mol. The van der Waals surface area contributed by atoms with Crippen LogP contribution in [0.1, 0.15) is 41.0 Å². The first kappa shape index (κ1) is 19.1. The van der Waals surface area contributed by atoms with Crippen LogP contribution in [0.5, 0.6) is 0 Å². The van der Waals surface area contributed by atoms with E-state index in [1.165, 1.54) is 19.0 Å². The van der Waals surface area contributed by atoms with Crippen LogP contribution in [0.3, 0.4) is 0 Å². The lowest BCUT2D eigenvalue weighted by Gasteiger charge is -2.28. The fourth-order valence-corrected chi connectivity index (χ4v) is 1.65. The molecule has 0 aliphatic carbocycles. The standard InChI is InChI=1S/C15H27N3O3/c1-10(11(19)16-14(2,3)4)9-15(5,6)17-12(20)13(21)18(7)8/h1,9H2,2-8H3,(H,16,19)(H,17,20). The smallest absolute Gasteiger partial charge is 0.311 e. The Bertz CT molecular complexity index is 446. The van der Waals surface area contributed by atoms with Crippen molar-refractivity contribution in [2.24, 2.45) is 0 Å². The van der Waals surface area contributed by atoms with Crippen molar-refractivity contribution in [1.82, 2.24) is 15.5 Å². The molecule has 0 atom stereocenters. The van der Waals surface area contributed by atoms with Crippen LogP contribution in [0.15, 0.2) is 12.2 Å². The van der Waals surface area contributed by atoms with Gasteiger partial charge in [0.2, 0.25) is 5.91 Å². The lowest BCUT2D eigenvalue weighted by molar-refractivity contribution is -0.145. The fourth-order valence-electron chi connectivity index (χ4n) is 1.65. The summed E-state index contributed by atoms with van der Waals surface area (Å²) in [5.74, 6) is -1.59. The highest BCUT2D eigenvalue weighted by atomic mass is 16.2. The summed E-state index contributed by atoms with van der Waals surface area (Å²) in [5.41, 5.74) is -0.740. The lowest BCUT2D eigenvalue weighted by Crippen LogP contribution is -2.50. The normalized spacial score (nSPS) is 11.6. The van der Waals surface area contributed by atoms with E-state index in [1.54, 1.807) is 13.8 Å². The molecule has 2 N–H and O–H groups in total. The van der Waals surface area contributed by atoms with Crippen molar-refractivity contribution >= 4 is 17.7 Å². The number of rotatable bonds is 4. The molecule has 6 heteroatoms. The molecule has 3 amide bonds. The van der Waals surface area contributed by atoms with Crippen LogP contribution in [0.2, 0.25) is 0 Å². The van der Waals surface area contributed by atoms with E-state index in [-0.39, 0.29) is 17.9 Å². The summed E-state index contributed by atoms with van der Waals surface area (Å²) < 4.78 is 0. The fraction of sp³-hybridized carbons (Fsp3) is 0.667. The van der Waals surface area contributed by atoms with Gasteiger partial charge in [-0.2, -0.15) is 0 Å². The summed E-state index contributed by atoms with van der Waals surface area (Å²) in [6.45, 7) is 12.9. The number of amides is 3. The van der Waals surface area contributed by atoms with E-state index in [2.05, 4.69) is 17.2 Å². The molecule has 0 aromatic carbocycles. The number of carbonyl (C=O) groups excluding carboxylic acids is 3. The number of hydrogen-bond donors (Lipinski definition) is 2. The third kappa shape index (κ3) is 7.48. The Morgan fingerprint density at radius 1 is 0.952 bits per heavy atom. The Kier molecular flexibility index (Phi) is 6.14. The molecule has 0 heterocycles. The van der Waals surface area contributed by atoms with E-state index in [9.17, 15) is 14.4 Å². The highest BCUT2D eigenvalue weighted by Crippen LogP contribution is 2.16. The highest BCUT2D eigenvalue weighted by molar-refractivity contribution is 6.35. The van der Waals surface area contributed by atoms with E-state index in [4.69, 9.17) is 0 Å². The topological polar surface area (TPSA) is 78.5 Å². The molecular formula is C15H27N3O3. The first-order chi connectivity index (χ1) is 9.25. The minimum Gasteiger partial charge on any atom is -0.348 e. The molecule has 21 heavy (non-hydrogen) atoms. The monoisotopic (exact) mass is 297 g/mol. The Labute approximate surface area is 127 Å². The number of nitrogens with one attached hydrogen (secondary N) is 2. The first-order valence-corrected chi connectivity index (χ1v) is 6.79. The van der Waals surface area contributed by atoms with E-state index in [1.807, 2.05) is 20.8 Å². The maximum atomic E-state index is 12.0. The summed E-state index contributed by atoms with van der Waals surface area (Å²) in [4.78, 5) is 36.5. The second-order valence-corrected chi connectivity index (χ2v) is 7.02. The minimum atomic E-state index is -0.741. The summed E-state index contributed by atoms with van der Waals surface area (Å²) in [6, 6.07) is 0.